The molecule has 1 aromatic rings. The summed E-state index contributed by atoms with van der Waals surface area (Å²) in [5.41, 5.74) is -0.0888. The molecule has 0 aliphatic heterocycles. The fourth-order valence-electron chi connectivity index (χ4n) is 1.10. The van der Waals surface area contributed by atoms with Gasteiger partial charge in [0.15, 0.2) is 0 Å². The first-order valence-electron chi connectivity index (χ1n) is 5.24. The number of ether oxygens (including phenoxy) is 1. The third-order valence-corrected chi connectivity index (χ3v) is 2.03. The van der Waals surface area contributed by atoms with Crippen LogP contribution in [0.4, 0.5) is 5.69 Å². The highest BCUT2D eigenvalue weighted by Crippen LogP contribution is 2.17. The van der Waals surface area contributed by atoms with Crippen molar-refractivity contribution in [3.63, 3.8) is 0 Å². The second-order valence-electron chi connectivity index (χ2n) is 3.36. The van der Waals surface area contributed by atoms with Crippen molar-refractivity contribution in [1.82, 2.24) is 5.32 Å². The minimum absolute atomic E-state index is 0.0888. The standard InChI is InChI=1S/C11H12N2O5/c1-2-10(14)12-7-11(15)18-9-5-3-8(4-6-9)13(16)17/h3-6H,2,7H2,1H3,(H,12,14). The number of hydrogen-bond donors (Lipinski definition) is 1. The molecule has 96 valence electrons. The number of non-ortho nitro benzene ring substituents is 1. The van der Waals surface area contributed by atoms with Crippen LogP contribution >= 0.6 is 0 Å². The number of esters is 1. The van der Waals surface area contributed by atoms with Crippen molar-refractivity contribution in [2.45, 2.75) is 13.3 Å². The Hall–Kier alpha value is -2.44. The van der Waals surface area contributed by atoms with E-state index < -0.39 is 10.9 Å². The van der Waals surface area contributed by atoms with Crippen molar-refractivity contribution in [3.8, 4) is 5.75 Å². The highest BCUT2D eigenvalue weighted by Gasteiger charge is 2.08. The quantitative estimate of drug-likeness (QED) is 0.365. The molecule has 0 aliphatic carbocycles. The molecule has 1 N–H and O–H groups in total. The molecular weight excluding hydrogens is 240 g/mol. The average Bonchev–Trinajstić information content (AvgIpc) is 2.36. The van der Waals surface area contributed by atoms with Gasteiger partial charge in [0.1, 0.15) is 12.3 Å². The van der Waals surface area contributed by atoms with Gasteiger partial charge in [-0.05, 0) is 12.1 Å². The molecule has 0 aromatic heterocycles. The molecule has 0 heterocycles. The summed E-state index contributed by atoms with van der Waals surface area (Å²) in [6.07, 6.45) is 0.283. The number of rotatable bonds is 5. The minimum Gasteiger partial charge on any atom is -0.425 e. The average molecular weight is 252 g/mol. The summed E-state index contributed by atoms with van der Waals surface area (Å²) in [5.74, 6) is -0.697. The van der Waals surface area contributed by atoms with E-state index in [0.717, 1.165) is 0 Å². The molecular formula is C11H12N2O5. The molecule has 0 radical (unpaired) electrons. The molecule has 18 heavy (non-hydrogen) atoms. The number of nitrogens with one attached hydrogen (secondary N) is 1. The van der Waals surface area contributed by atoms with Gasteiger partial charge in [0.25, 0.3) is 5.69 Å². The van der Waals surface area contributed by atoms with E-state index in [1.807, 2.05) is 0 Å². The van der Waals surface area contributed by atoms with Crippen molar-refractivity contribution in [2.24, 2.45) is 0 Å². The minimum atomic E-state index is -0.634. The predicted octanol–water partition coefficient (Wildman–Crippen LogP) is 1.03. The van der Waals surface area contributed by atoms with Crippen LogP contribution in [0.25, 0.3) is 0 Å². The van der Waals surface area contributed by atoms with E-state index in [1.54, 1.807) is 6.92 Å². The summed E-state index contributed by atoms with van der Waals surface area (Å²) in [5, 5.41) is 12.8. The zero-order valence-corrected chi connectivity index (χ0v) is 9.71. The Morgan fingerprint density at radius 2 is 1.94 bits per heavy atom. The fraction of sp³-hybridized carbons (Fsp3) is 0.273. The van der Waals surface area contributed by atoms with Crippen molar-refractivity contribution < 1.29 is 19.2 Å². The molecule has 0 bridgehead atoms. The van der Waals surface area contributed by atoms with E-state index >= 15 is 0 Å². The number of carbonyl (C=O) groups excluding carboxylic acids is 2. The number of nitro groups is 1. The highest BCUT2D eigenvalue weighted by atomic mass is 16.6. The third-order valence-electron chi connectivity index (χ3n) is 2.03. The summed E-state index contributed by atoms with van der Waals surface area (Å²) in [7, 11) is 0. The first kappa shape index (κ1) is 13.6. The monoisotopic (exact) mass is 252 g/mol. The summed E-state index contributed by atoms with van der Waals surface area (Å²) >= 11 is 0. The number of amides is 1. The number of nitrogens with zero attached hydrogens (tertiary/aromatic N) is 1. The summed E-state index contributed by atoms with van der Waals surface area (Å²) in [4.78, 5) is 32.0. The van der Waals surface area contributed by atoms with Crippen LogP contribution < -0.4 is 10.1 Å². The maximum absolute atomic E-state index is 11.3. The number of benzene rings is 1. The van der Waals surface area contributed by atoms with Gasteiger partial charge in [0, 0.05) is 18.6 Å². The molecule has 0 aliphatic rings. The van der Waals surface area contributed by atoms with Crippen LogP contribution in [0.1, 0.15) is 13.3 Å². The lowest BCUT2D eigenvalue weighted by Gasteiger charge is -2.04. The smallest absolute Gasteiger partial charge is 0.330 e. The van der Waals surface area contributed by atoms with Crippen molar-refractivity contribution in [2.75, 3.05) is 6.54 Å². The van der Waals surface area contributed by atoms with Gasteiger partial charge >= 0.3 is 5.97 Å². The molecule has 0 saturated carbocycles. The van der Waals surface area contributed by atoms with Gasteiger partial charge in [0.2, 0.25) is 5.91 Å². The number of hydrogen-bond acceptors (Lipinski definition) is 5. The molecule has 1 aromatic carbocycles. The first-order valence-corrected chi connectivity index (χ1v) is 5.24. The van der Waals surface area contributed by atoms with E-state index in [-0.39, 0.29) is 30.3 Å². The number of carbonyl (C=O) groups is 2. The molecule has 0 atom stereocenters. The van der Waals surface area contributed by atoms with Crippen LogP contribution in [0.3, 0.4) is 0 Å². The Morgan fingerprint density at radius 3 is 2.44 bits per heavy atom. The third kappa shape index (κ3) is 4.20. The van der Waals surface area contributed by atoms with Crippen LogP contribution in [0.5, 0.6) is 5.75 Å². The van der Waals surface area contributed by atoms with E-state index in [0.29, 0.717) is 0 Å². The Morgan fingerprint density at radius 1 is 1.33 bits per heavy atom. The van der Waals surface area contributed by atoms with Crippen LogP contribution in [0.15, 0.2) is 24.3 Å². The Bertz CT molecular complexity index is 455. The second kappa shape index (κ2) is 6.33. The van der Waals surface area contributed by atoms with Gasteiger partial charge in [-0.3, -0.25) is 14.9 Å². The van der Waals surface area contributed by atoms with Gasteiger partial charge in [-0.1, -0.05) is 6.92 Å². The van der Waals surface area contributed by atoms with Crippen molar-refractivity contribution >= 4 is 17.6 Å². The summed E-state index contributed by atoms with van der Waals surface area (Å²) < 4.78 is 4.87. The van der Waals surface area contributed by atoms with Crippen LogP contribution in [0, 0.1) is 10.1 Å². The van der Waals surface area contributed by atoms with E-state index in [2.05, 4.69) is 5.32 Å². The lowest BCUT2D eigenvalue weighted by molar-refractivity contribution is -0.384. The first-order chi connectivity index (χ1) is 8.52. The van der Waals surface area contributed by atoms with Crippen molar-refractivity contribution in [3.05, 3.63) is 34.4 Å². The maximum atomic E-state index is 11.3. The summed E-state index contributed by atoms with van der Waals surface area (Å²) in [6, 6.07) is 5.09. The van der Waals surface area contributed by atoms with Gasteiger partial charge in [-0.15, -0.1) is 0 Å². The van der Waals surface area contributed by atoms with Gasteiger partial charge in [0.05, 0.1) is 4.92 Å². The van der Waals surface area contributed by atoms with E-state index in [1.165, 1.54) is 24.3 Å². The normalized spacial score (nSPS) is 9.61. The number of nitro benzene ring substituents is 1. The highest BCUT2D eigenvalue weighted by molar-refractivity contribution is 5.82. The zero-order valence-electron chi connectivity index (χ0n) is 9.71. The van der Waals surface area contributed by atoms with E-state index in [9.17, 15) is 19.7 Å². The lowest BCUT2D eigenvalue weighted by atomic mass is 10.3. The molecule has 0 saturated heterocycles. The molecule has 0 fully saturated rings. The molecule has 7 heteroatoms. The van der Waals surface area contributed by atoms with Crippen LogP contribution in [-0.4, -0.2) is 23.3 Å². The molecule has 0 spiro atoms. The second-order valence-corrected chi connectivity index (χ2v) is 3.36. The van der Waals surface area contributed by atoms with Crippen molar-refractivity contribution in [1.29, 1.82) is 0 Å². The zero-order chi connectivity index (χ0) is 13.5. The summed E-state index contributed by atoms with van der Waals surface area (Å²) in [6.45, 7) is 1.43. The Balaban J connectivity index is 2.49. The van der Waals surface area contributed by atoms with E-state index in [4.69, 9.17) is 4.74 Å². The Kier molecular flexibility index (Phi) is 4.79. The molecule has 7 nitrogen and oxygen atoms in total. The van der Waals surface area contributed by atoms with Gasteiger partial charge in [-0.25, -0.2) is 4.79 Å². The fourth-order valence-corrected chi connectivity index (χ4v) is 1.10. The van der Waals surface area contributed by atoms with Gasteiger partial charge in [-0.2, -0.15) is 0 Å². The predicted molar refractivity (Wildman–Crippen MR) is 62.0 cm³/mol. The maximum Gasteiger partial charge on any atom is 0.330 e. The molecule has 1 rings (SSSR count). The largest absolute Gasteiger partial charge is 0.425 e. The SMILES string of the molecule is CCC(=O)NCC(=O)Oc1ccc([N+](=O)[O-])cc1. The van der Waals surface area contributed by atoms with Crippen LogP contribution in [-0.2, 0) is 9.59 Å². The van der Waals surface area contributed by atoms with Crippen LogP contribution in [0.2, 0.25) is 0 Å². The Labute approximate surface area is 103 Å². The molecule has 1 amide bonds. The topological polar surface area (TPSA) is 98.5 Å². The molecule has 0 unspecified atom stereocenters. The lowest BCUT2D eigenvalue weighted by Crippen LogP contribution is -2.31. The van der Waals surface area contributed by atoms with Gasteiger partial charge < -0.3 is 10.1 Å².